The van der Waals surface area contributed by atoms with Crippen molar-refractivity contribution in [3.8, 4) is 5.75 Å². The van der Waals surface area contributed by atoms with E-state index < -0.39 is 6.10 Å². The lowest BCUT2D eigenvalue weighted by Gasteiger charge is -2.23. The first kappa shape index (κ1) is 22.3. The van der Waals surface area contributed by atoms with E-state index in [9.17, 15) is 5.11 Å². The molecule has 1 N–H and O–H groups in total. The third kappa shape index (κ3) is 5.14. The molecule has 0 bridgehead atoms. The summed E-state index contributed by atoms with van der Waals surface area (Å²) in [4.78, 5) is 3.60. The lowest BCUT2D eigenvalue weighted by Crippen LogP contribution is -2.13. The van der Waals surface area contributed by atoms with Crippen LogP contribution in [0.5, 0.6) is 5.75 Å². The van der Waals surface area contributed by atoms with Gasteiger partial charge in [0.25, 0.3) is 0 Å². The number of aliphatic hydroxyl groups excluding tert-OH is 1. The Bertz CT molecular complexity index is 986. The number of hydrogen-bond donors (Lipinski definition) is 1. The molecule has 0 amide bonds. The number of aliphatic hydroxyl groups is 1. The number of rotatable bonds is 8. The minimum Gasteiger partial charge on any atom is -0.497 e. The third-order valence-corrected chi connectivity index (χ3v) is 7.91. The van der Waals surface area contributed by atoms with Crippen molar-refractivity contribution in [3.63, 3.8) is 0 Å². The summed E-state index contributed by atoms with van der Waals surface area (Å²) in [5.74, 6) is 1.44. The smallest absolute Gasteiger partial charge is 0.120 e. The molecule has 4 rings (SSSR count). The zero-order chi connectivity index (χ0) is 21.8. The lowest BCUT2D eigenvalue weighted by atomic mass is 9.84. The van der Waals surface area contributed by atoms with Gasteiger partial charge in [0.2, 0.25) is 0 Å². The average molecular weight is 438 g/mol. The Morgan fingerprint density at radius 2 is 1.81 bits per heavy atom. The van der Waals surface area contributed by atoms with Crippen LogP contribution >= 0.6 is 11.3 Å². The summed E-state index contributed by atoms with van der Waals surface area (Å²) in [6, 6.07) is 14.9. The molecule has 1 saturated carbocycles. The maximum Gasteiger partial charge on any atom is 0.120 e. The molecule has 166 valence electrons. The Kier molecular flexibility index (Phi) is 7.31. The molecule has 31 heavy (non-hydrogen) atoms. The minimum atomic E-state index is -0.588. The van der Waals surface area contributed by atoms with Gasteiger partial charge < -0.3 is 14.7 Å². The highest BCUT2D eigenvalue weighted by atomic mass is 32.1. The van der Waals surface area contributed by atoms with Gasteiger partial charge in [0.15, 0.2) is 0 Å². The number of nitrogens with zero attached hydrogens (tertiary/aromatic N) is 1. The van der Waals surface area contributed by atoms with Crippen molar-refractivity contribution in [2.75, 3.05) is 27.7 Å². The van der Waals surface area contributed by atoms with E-state index >= 15 is 0 Å². The van der Waals surface area contributed by atoms with Crippen molar-refractivity contribution in [1.82, 2.24) is 4.90 Å². The molecule has 0 aliphatic heterocycles. The van der Waals surface area contributed by atoms with Crippen molar-refractivity contribution in [1.29, 1.82) is 0 Å². The molecule has 1 fully saturated rings. The molecule has 0 radical (unpaired) electrons. The molecule has 1 unspecified atom stereocenters. The number of aryl methyl sites for hydroxylation is 1. The Labute approximate surface area is 190 Å². The van der Waals surface area contributed by atoms with Crippen molar-refractivity contribution in [3.05, 3.63) is 64.0 Å². The maximum atomic E-state index is 11.5. The summed E-state index contributed by atoms with van der Waals surface area (Å²) in [7, 11) is 5.95. The van der Waals surface area contributed by atoms with Crippen LogP contribution in [0, 0.1) is 0 Å². The molecule has 1 aliphatic carbocycles. The first-order valence-electron chi connectivity index (χ1n) is 11.6. The number of fused-ring (bicyclic) bond motifs is 1. The zero-order valence-electron chi connectivity index (χ0n) is 19.1. The van der Waals surface area contributed by atoms with Crippen LogP contribution in [-0.2, 0) is 6.42 Å². The van der Waals surface area contributed by atoms with Crippen LogP contribution in [0.1, 0.15) is 72.1 Å². The molecular formula is C27H35NO2S. The molecule has 1 aliphatic rings. The molecular weight excluding hydrogens is 402 g/mol. The summed E-state index contributed by atoms with van der Waals surface area (Å²) in [6.07, 6.45) is 8.01. The van der Waals surface area contributed by atoms with Gasteiger partial charge in [-0.3, -0.25) is 0 Å². The summed E-state index contributed by atoms with van der Waals surface area (Å²) >= 11 is 1.86. The maximum absolute atomic E-state index is 11.5. The van der Waals surface area contributed by atoms with E-state index in [0.29, 0.717) is 5.92 Å². The van der Waals surface area contributed by atoms with Gasteiger partial charge in [0.05, 0.1) is 7.11 Å². The van der Waals surface area contributed by atoms with E-state index in [1.807, 2.05) is 17.4 Å². The average Bonchev–Trinajstić information content (AvgIpc) is 3.18. The predicted octanol–water partition coefficient (Wildman–Crippen LogP) is 6.53. The first-order valence-corrected chi connectivity index (χ1v) is 12.4. The molecule has 0 saturated heterocycles. The van der Waals surface area contributed by atoms with E-state index in [0.717, 1.165) is 36.3 Å². The van der Waals surface area contributed by atoms with Crippen LogP contribution in [0.25, 0.3) is 10.1 Å². The normalized spacial score (nSPS) is 16.2. The second-order valence-corrected chi connectivity index (χ2v) is 10.2. The van der Waals surface area contributed by atoms with E-state index in [1.54, 1.807) is 7.11 Å². The monoisotopic (exact) mass is 437 g/mol. The zero-order valence-corrected chi connectivity index (χ0v) is 19.9. The van der Waals surface area contributed by atoms with Gasteiger partial charge >= 0.3 is 0 Å². The number of benzene rings is 2. The van der Waals surface area contributed by atoms with E-state index in [4.69, 9.17) is 4.74 Å². The van der Waals surface area contributed by atoms with Gasteiger partial charge in [-0.15, -0.1) is 11.3 Å². The van der Waals surface area contributed by atoms with Gasteiger partial charge in [-0.1, -0.05) is 43.5 Å². The van der Waals surface area contributed by atoms with Crippen molar-refractivity contribution in [2.45, 2.75) is 57.0 Å². The molecule has 1 atom stereocenters. The Balaban J connectivity index is 1.65. The highest BCUT2D eigenvalue weighted by molar-refractivity contribution is 7.19. The highest BCUT2D eigenvalue weighted by Crippen LogP contribution is 2.46. The molecule has 0 spiro atoms. The Morgan fingerprint density at radius 1 is 1.06 bits per heavy atom. The fourth-order valence-electron chi connectivity index (χ4n) is 4.83. The summed E-state index contributed by atoms with van der Waals surface area (Å²) in [5.41, 5.74) is 3.45. The predicted molar refractivity (Wildman–Crippen MR) is 132 cm³/mol. The van der Waals surface area contributed by atoms with Crippen LogP contribution in [0.3, 0.4) is 0 Å². The van der Waals surface area contributed by atoms with Crippen molar-refractivity contribution in [2.24, 2.45) is 0 Å². The molecule has 4 heteroatoms. The highest BCUT2D eigenvalue weighted by Gasteiger charge is 2.27. The topological polar surface area (TPSA) is 32.7 Å². The molecule has 3 aromatic rings. The van der Waals surface area contributed by atoms with Crippen LogP contribution < -0.4 is 4.74 Å². The third-order valence-electron chi connectivity index (χ3n) is 6.58. The van der Waals surface area contributed by atoms with Gasteiger partial charge in [-0.2, -0.15) is 0 Å². The second kappa shape index (κ2) is 10.2. The number of hydrogen-bond acceptors (Lipinski definition) is 4. The van der Waals surface area contributed by atoms with Crippen LogP contribution in [0.4, 0.5) is 0 Å². The van der Waals surface area contributed by atoms with Crippen LogP contribution in [0.15, 0.2) is 42.5 Å². The van der Waals surface area contributed by atoms with E-state index in [2.05, 4.69) is 55.4 Å². The fourth-order valence-corrected chi connectivity index (χ4v) is 6.26. The van der Waals surface area contributed by atoms with Gasteiger partial charge in [-0.25, -0.2) is 0 Å². The van der Waals surface area contributed by atoms with Gasteiger partial charge in [0, 0.05) is 15.1 Å². The van der Waals surface area contributed by atoms with Crippen molar-refractivity contribution < 1.29 is 9.84 Å². The van der Waals surface area contributed by atoms with Crippen LogP contribution in [-0.4, -0.2) is 37.8 Å². The first-order chi connectivity index (χ1) is 15.1. The quantitative estimate of drug-likeness (QED) is 0.435. The fraction of sp³-hybridized carbons (Fsp3) is 0.481. The van der Waals surface area contributed by atoms with Crippen LogP contribution in [0.2, 0.25) is 0 Å². The van der Waals surface area contributed by atoms with Gasteiger partial charge in [-0.05, 0) is 87.0 Å². The van der Waals surface area contributed by atoms with Crippen molar-refractivity contribution >= 4 is 21.4 Å². The molecule has 3 nitrogen and oxygen atoms in total. The Hall–Kier alpha value is -1.88. The largest absolute Gasteiger partial charge is 0.497 e. The summed E-state index contributed by atoms with van der Waals surface area (Å²) in [5, 5.41) is 12.7. The number of ether oxygens (including phenoxy) is 1. The standard InChI is InChI=1S/C27H35NO2S/c1-28(2)17-7-8-19-11-13-20(14-12-19)26(29)25-23-16-15-22(30-3)18-24(23)31-27(25)21-9-5-4-6-10-21/h11-16,18,21,26,29H,4-10,17H2,1-3H3. The molecule has 1 aromatic heterocycles. The second-order valence-electron chi connectivity index (χ2n) is 9.13. The SMILES string of the molecule is COc1ccc2c(C(O)c3ccc(CCCN(C)C)cc3)c(C3CCCCC3)sc2c1. The van der Waals surface area contributed by atoms with E-state index in [1.165, 1.54) is 52.6 Å². The number of thiophene rings is 1. The van der Waals surface area contributed by atoms with E-state index in [-0.39, 0.29) is 0 Å². The minimum absolute atomic E-state index is 0.562. The van der Waals surface area contributed by atoms with Gasteiger partial charge in [0.1, 0.15) is 11.9 Å². The Morgan fingerprint density at radius 3 is 2.48 bits per heavy atom. The number of methoxy groups -OCH3 is 1. The molecule has 2 aromatic carbocycles. The summed E-state index contributed by atoms with van der Waals surface area (Å²) in [6.45, 7) is 1.10. The molecule has 1 heterocycles. The lowest BCUT2D eigenvalue weighted by molar-refractivity contribution is 0.220. The summed E-state index contributed by atoms with van der Waals surface area (Å²) < 4.78 is 6.68.